The largest absolute Gasteiger partial charge is 0.381 e. The Balaban J connectivity index is 2.00. The van der Waals surface area contributed by atoms with Gasteiger partial charge in [-0.2, -0.15) is 0 Å². The number of nitrogens with two attached hydrogens (primary N) is 1. The van der Waals surface area contributed by atoms with Crippen molar-refractivity contribution in [3.63, 3.8) is 0 Å². The minimum absolute atomic E-state index is 0.0439. The van der Waals surface area contributed by atoms with E-state index in [1.54, 1.807) is 18.4 Å². The lowest BCUT2D eigenvalue weighted by Gasteiger charge is -2.32. The fourth-order valence-corrected chi connectivity index (χ4v) is 3.79. The summed E-state index contributed by atoms with van der Waals surface area (Å²) < 4.78 is 12.5. The third-order valence-corrected chi connectivity index (χ3v) is 4.89. The highest BCUT2D eigenvalue weighted by molar-refractivity contribution is 7.16. The number of thiophene rings is 1. The molecule has 1 aliphatic carbocycles. The number of hydrogen-bond donors (Lipinski definition) is 1. The van der Waals surface area contributed by atoms with Crippen molar-refractivity contribution in [1.29, 1.82) is 0 Å². The quantitative estimate of drug-likeness (QED) is 0.900. The molecule has 0 saturated heterocycles. The van der Waals surface area contributed by atoms with E-state index in [0.29, 0.717) is 6.10 Å². The van der Waals surface area contributed by atoms with E-state index in [9.17, 15) is 0 Å². The molecule has 0 radical (unpaired) electrons. The Morgan fingerprint density at radius 2 is 2.11 bits per heavy atom. The van der Waals surface area contributed by atoms with E-state index >= 15 is 0 Å². The van der Waals surface area contributed by atoms with Crippen molar-refractivity contribution in [3.05, 3.63) is 21.3 Å². The zero-order valence-corrected chi connectivity index (χ0v) is 13.0. The Hall–Kier alpha value is -0.130. The van der Waals surface area contributed by atoms with Gasteiger partial charge in [0.15, 0.2) is 0 Å². The molecular formula is C14H22ClNO2S. The molecule has 0 aliphatic heterocycles. The Labute approximate surface area is 124 Å². The van der Waals surface area contributed by atoms with Gasteiger partial charge < -0.3 is 15.2 Å². The predicted octanol–water partition coefficient (Wildman–Crippen LogP) is 3.76. The van der Waals surface area contributed by atoms with E-state index in [2.05, 4.69) is 0 Å². The first-order chi connectivity index (χ1) is 9.10. The van der Waals surface area contributed by atoms with Crippen LogP contribution in [0.2, 0.25) is 4.34 Å². The molecule has 0 spiro atoms. The van der Waals surface area contributed by atoms with E-state index in [-0.39, 0.29) is 18.2 Å². The molecule has 2 rings (SSSR count). The van der Waals surface area contributed by atoms with Crippen LogP contribution in [0.25, 0.3) is 0 Å². The van der Waals surface area contributed by atoms with Gasteiger partial charge in [0.2, 0.25) is 0 Å². The molecule has 4 unspecified atom stereocenters. The second-order valence-corrected chi connectivity index (χ2v) is 6.95. The van der Waals surface area contributed by atoms with Crippen LogP contribution in [0.5, 0.6) is 0 Å². The van der Waals surface area contributed by atoms with Crippen LogP contribution in [0.4, 0.5) is 0 Å². The molecule has 1 saturated carbocycles. The number of methoxy groups -OCH3 is 1. The summed E-state index contributed by atoms with van der Waals surface area (Å²) in [7, 11) is 1.77. The van der Waals surface area contributed by atoms with E-state index in [1.165, 1.54) is 0 Å². The highest BCUT2D eigenvalue weighted by atomic mass is 35.5. The molecule has 5 heteroatoms. The molecule has 1 heterocycles. The van der Waals surface area contributed by atoms with Crippen molar-refractivity contribution in [3.8, 4) is 0 Å². The molecule has 3 nitrogen and oxygen atoms in total. The summed E-state index contributed by atoms with van der Waals surface area (Å²) in [5.41, 5.74) is 6.07. The standard InChI is InChI=1S/C14H22ClNO2S/c1-9(16)14(12-6-7-13(15)19-12)18-11-5-3-4-10(8-11)17-2/h6-7,9-11,14H,3-5,8,16H2,1-2H3. The van der Waals surface area contributed by atoms with E-state index in [1.807, 2.05) is 19.1 Å². The molecule has 1 aromatic rings. The fourth-order valence-electron chi connectivity index (χ4n) is 2.58. The highest BCUT2D eigenvalue weighted by Gasteiger charge is 2.28. The third-order valence-electron chi connectivity index (χ3n) is 3.60. The highest BCUT2D eigenvalue weighted by Crippen LogP contribution is 2.34. The molecule has 0 amide bonds. The zero-order chi connectivity index (χ0) is 13.8. The average Bonchev–Trinajstić information content (AvgIpc) is 2.82. The summed E-state index contributed by atoms with van der Waals surface area (Å²) in [4.78, 5) is 1.11. The van der Waals surface area contributed by atoms with Gasteiger partial charge in [-0.25, -0.2) is 0 Å². The summed E-state index contributed by atoms with van der Waals surface area (Å²) in [6.07, 6.45) is 4.80. The Morgan fingerprint density at radius 3 is 2.68 bits per heavy atom. The molecule has 0 bridgehead atoms. The molecule has 4 atom stereocenters. The minimum Gasteiger partial charge on any atom is -0.381 e. The van der Waals surface area contributed by atoms with Crippen LogP contribution < -0.4 is 5.73 Å². The molecule has 0 aromatic carbocycles. The lowest BCUT2D eigenvalue weighted by molar-refractivity contribution is -0.0713. The summed E-state index contributed by atoms with van der Waals surface area (Å²) >= 11 is 7.55. The third kappa shape index (κ3) is 4.17. The normalized spacial score (nSPS) is 27.2. The first-order valence-electron chi connectivity index (χ1n) is 6.79. The molecule has 1 fully saturated rings. The van der Waals surface area contributed by atoms with Gasteiger partial charge in [0.05, 0.1) is 16.5 Å². The van der Waals surface area contributed by atoms with Gasteiger partial charge >= 0.3 is 0 Å². The van der Waals surface area contributed by atoms with E-state index in [4.69, 9.17) is 26.8 Å². The van der Waals surface area contributed by atoms with Crippen LogP contribution in [0.1, 0.15) is 43.6 Å². The molecule has 108 valence electrons. The van der Waals surface area contributed by atoms with E-state index < -0.39 is 0 Å². The summed E-state index contributed by atoms with van der Waals surface area (Å²) in [5.74, 6) is 0. The fraction of sp³-hybridized carbons (Fsp3) is 0.714. The number of ether oxygens (including phenoxy) is 2. The first kappa shape index (κ1) is 15.3. The van der Waals surface area contributed by atoms with Gasteiger partial charge in [-0.05, 0) is 44.7 Å². The Kier molecular flexibility index (Phi) is 5.66. The maximum absolute atomic E-state index is 6.23. The second kappa shape index (κ2) is 7.04. The summed E-state index contributed by atoms with van der Waals surface area (Å²) in [6.45, 7) is 1.98. The van der Waals surface area contributed by atoms with Crippen molar-refractivity contribution in [1.82, 2.24) is 0 Å². The molecule has 19 heavy (non-hydrogen) atoms. The maximum atomic E-state index is 6.23. The number of halogens is 1. The van der Waals surface area contributed by atoms with Gasteiger partial charge in [-0.15, -0.1) is 11.3 Å². The van der Waals surface area contributed by atoms with Gasteiger partial charge in [0, 0.05) is 18.0 Å². The monoisotopic (exact) mass is 303 g/mol. The van der Waals surface area contributed by atoms with Crippen molar-refractivity contribution in [2.75, 3.05) is 7.11 Å². The van der Waals surface area contributed by atoms with Crippen molar-refractivity contribution >= 4 is 22.9 Å². The lowest BCUT2D eigenvalue weighted by atomic mass is 9.94. The van der Waals surface area contributed by atoms with E-state index in [0.717, 1.165) is 34.9 Å². The van der Waals surface area contributed by atoms with Crippen molar-refractivity contribution in [2.45, 2.75) is 57.0 Å². The lowest BCUT2D eigenvalue weighted by Crippen LogP contribution is -2.34. The van der Waals surface area contributed by atoms with Crippen molar-refractivity contribution in [2.24, 2.45) is 5.73 Å². The topological polar surface area (TPSA) is 44.5 Å². The van der Waals surface area contributed by atoms with Crippen LogP contribution in [0.3, 0.4) is 0 Å². The summed E-state index contributed by atoms with van der Waals surface area (Å²) in [6, 6.07) is 3.87. The van der Waals surface area contributed by atoms with Crippen LogP contribution in [0, 0.1) is 0 Å². The molecule has 2 N–H and O–H groups in total. The SMILES string of the molecule is COC1CCCC(OC(c2ccc(Cl)s2)C(C)N)C1. The Morgan fingerprint density at radius 1 is 1.37 bits per heavy atom. The van der Waals surface area contributed by atoms with Crippen LogP contribution in [-0.4, -0.2) is 25.4 Å². The van der Waals surface area contributed by atoms with Crippen molar-refractivity contribution < 1.29 is 9.47 Å². The minimum atomic E-state index is -0.0712. The van der Waals surface area contributed by atoms with Crippen LogP contribution in [0.15, 0.2) is 12.1 Å². The van der Waals surface area contributed by atoms with Gasteiger partial charge in [-0.1, -0.05) is 11.6 Å². The number of hydrogen-bond acceptors (Lipinski definition) is 4. The van der Waals surface area contributed by atoms with Gasteiger partial charge in [0.1, 0.15) is 6.10 Å². The van der Waals surface area contributed by atoms with Gasteiger partial charge in [0.25, 0.3) is 0 Å². The van der Waals surface area contributed by atoms with Crippen LogP contribution >= 0.6 is 22.9 Å². The van der Waals surface area contributed by atoms with Crippen LogP contribution in [-0.2, 0) is 9.47 Å². The maximum Gasteiger partial charge on any atom is 0.107 e. The first-order valence-corrected chi connectivity index (χ1v) is 7.98. The average molecular weight is 304 g/mol. The number of rotatable bonds is 5. The smallest absolute Gasteiger partial charge is 0.107 e. The molecule has 1 aliphatic rings. The van der Waals surface area contributed by atoms with Gasteiger partial charge in [-0.3, -0.25) is 0 Å². The molecular weight excluding hydrogens is 282 g/mol. The Bertz CT molecular complexity index is 397. The molecule has 1 aromatic heterocycles. The predicted molar refractivity (Wildman–Crippen MR) is 79.9 cm³/mol. The zero-order valence-electron chi connectivity index (χ0n) is 11.5. The second-order valence-electron chi connectivity index (χ2n) is 5.20. The summed E-state index contributed by atoms with van der Waals surface area (Å²) in [5, 5.41) is 0.